The summed E-state index contributed by atoms with van der Waals surface area (Å²) in [7, 11) is 0. The molecular weight excluding hydrogens is 312 g/mol. The lowest BCUT2D eigenvalue weighted by atomic mass is 9.63. The maximum absolute atomic E-state index is 12.7. The summed E-state index contributed by atoms with van der Waals surface area (Å²) in [5, 5.41) is 5.87. The van der Waals surface area contributed by atoms with Gasteiger partial charge in [-0.3, -0.25) is 9.59 Å². The molecule has 4 nitrogen and oxygen atoms in total. The fourth-order valence-corrected chi connectivity index (χ4v) is 4.97. The molecule has 2 saturated carbocycles. The molecule has 23 heavy (non-hydrogen) atoms. The number of benzene rings is 1. The molecule has 6 rings (SSSR count). The summed E-state index contributed by atoms with van der Waals surface area (Å²) in [6, 6.07) is 7.18. The number of hydrazone groups is 1. The van der Waals surface area contributed by atoms with Crippen LogP contribution in [-0.2, 0) is 9.59 Å². The van der Waals surface area contributed by atoms with E-state index >= 15 is 0 Å². The van der Waals surface area contributed by atoms with E-state index < -0.39 is 0 Å². The predicted molar refractivity (Wildman–Crippen MR) is 85.6 cm³/mol. The van der Waals surface area contributed by atoms with Crippen LogP contribution in [0.15, 0.2) is 41.5 Å². The van der Waals surface area contributed by atoms with Crippen LogP contribution < -0.4 is 0 Å². The SMILES string of the molecule is O=C1[C@@H]2[C@H]3C=C[C@@H]([C@@H]4C[C@H]34)[C@@H]2C(=O)N1/N=C\c1cccc(Cl)c1. The number of allylic oxidation sites excluding steroid dienone is 2. The standard InChI is InChI=1S/C18H15ClN2O2/c19-10-3-1-2-9(6-10)8-20-21-17(22)15-11-4-5-12(14-7-13(11)14)16(15)18(21)23/h1-6,8,11-16H,7H2/b20-8-/t11-,12-,13-,14+,15-,16+/m0/s1. The van der Waals surface area contributed by atoms with Crippen molar-refractivity contribution in [3.63, 3.8) is 0 Å². The minimum atomic E-state index is -0.197. The highest BCUT2D eigenvalue weighted by atomic mass is 35.5. The van der Waals surface area contributed by atoms with Crippen molar-refractivity contribution in [3.05, 3.63) is 47.0 Å². The second-order valence-corrected chi connectivity index (χ2v) is 7.38. The zero-order valence-electron chi connectivity index (χ0n) is 12.3. The van der Waals surface area contributed by atoms with Crippen LogP contribution in [0.3, 0.4) is 0 Å². The molecule has 2 amide bonds. The summed E-state index contributed by atoms with van der Waals surface area (Å²) in [6.45, 7) is 0. The maximum Gasteiger partial charge on any atom is 0.254 e. The topological polar surface area (TPSA) is 49.7 Å². The number of hydrogen-bond donors (Lipinski definition) is 0. The van der Waals surface area contributed by atoms with E-state index in [0.29, 0.717) is 16.9 Å². The molecule has 4 aliphatic carbocycles. The molecule has 1 saturated heterocycles. The van der Waals surface area contributed by atoms with Crippen molar-refractivity contribution >= 4 is 29.6 Å². The van der Waals surface area contributed by atoms with Crippen LogP contribution in [-0.4, -0.2) is 23.0 Å². The van der Waals surface area contributed by atoms with Crippen molar-refractivity contribution < 1.29 is 9.59 Å². The van der Waals surface area contributed by atoms with Crippen molar-refractivity contribution in [2.24, 2.45) is 40.6 Å². The first kappa shape index (κ1) is 13.5. The van der Waals surface area contributed by atoms with Crippen LogP contribution in [0.2, 0.25) is 5.02 Å². The van der Waals surface area contributed by atoms with Gasteiger partial charge in [-0.1, -0.05) is 35.9 Å². The molecule has 5 heteroatoms. The average Bonchev–Trinajstić information content (AvgIpc) is 3.32. The minimum absolute atomic E-state index is 0.136. The summed E-state index contributed by atoms with van der Waals surface area (Å²) in [4.78, 5) is 25.4. The predicted octanol–water partition coefficient (Wildman–Crippen LogP) is 2.73. The van der Waals surface area contributed by atoms with Crippen LogP contribution in [0.1, 0.15) is 12.0 Å². The van der Waals surface area contributed by atoms with E-state index in [4.69, 9.17) is 11.6 Å². The van der Waals surface area contributed by atoms with Crippen LogP contribution in [0.4, 0.5) is 0 Å². The summed E-state index contributed by atoms with van der Waals surface area (Å²) in [6.07, 6.45) is 7.03. The highest BCUT2D eigenvalue weighted by Gasteiger charge is 2.67. The van der Waals surface area contributed by atoms with Crippen molar-refractivity contribution in [1.29, 1.82) is 0 Å². The Bertz CT molecular complexity index is 751. The highest BCUT2D eigenvalue weighted by molar-refractivity contribution is 6.30. The van der Waals surface area contributed by atoms with E-state index in [9.17, 15) is 9.59 Å². The van der Waals surface area contributed by atoms with Gasteiger partial charge in [0.2, 0.25) is 0 Å². The van der Waals surface area contributed by atoms with E-state index in [0.717, 1.165) is 10.6 Å². The van der Waals surface area contributed by atoms with Crippen molar-refractivity contribution in [2.75, 3.05) is 0 Å². The van der Waals surface area contributed by atoms with Crippen molar-refractivity contribution in [1.82, 2.24) is 5.01 Å². The molecular formula is C18H15ClN2O2. The maximum atomic E-state index is 12.7. The highest BCUT2D eigenvalue weighted by Crippen LogP contribution is 2.65. The van der Waals surface area contributed by atoms with Gasteiger partial charge in [-0.15, -0.1) is 0 Å². The largest absolute Gasteiger partial charge is 0.272 e. The number of nitrogens with zero attached hydrogens (tertiary/aromatic N) is 2. The van der Waals surface area contributed by atoms with Gasteiger partial charge in [0.1, 0.15) is 0 Å². The lowest BCUT2D eigenvalue weighted by Gasteiger charge is -2.37. The third kappa shape index (κ3) is 1.81. The molecule has 1 heterocycles. The van der Waals surface area contributed by atoms with Crippen LogP contribution >= 0.6 is 11.6 Å². The normalized spacial score (nSPS) is 40.0. The van der Waals surface area contributed by atoms with Gasteiger partial charge >= 0.3 is 0 Å². The Kier molecular flexibility index (Phi) is 2.66. The van der Waals surface area contributed by atoms with Gasteiger partial charge in [-0.05, 0) is 47.8 Å². The Morgan fingerprint density at radius 2 is 1.74 bits per heavy atom. The molecule has 0 spiro atoms. The van der Waals surface area contributed by atoms with Gasteiger partial charge in [-0.2, -0.15) is 10.1 Å². The number of hydrogen-bond acceptors (Lipinski definition) is 3. The molecule has 0 unspecified atom stereocenters. The number of halogens is 1. The average molecular weight is 327 g/mol. The summed E-state index contributed by atoms with van der Waals surface area (Å²) < 4.78 is 0. The summed E-state index contributed by atoms with van der Waals surface area (Å²) in [5.74, 6) is 1.02. The van der Waals surface area contributed by atoms with E-state index in [1.54, 1.807) is 12.1 Å². The monoisotopic (exact) mass is 326 g/mol. The minimum Gasteiger partial charge on any atom is -0.272 e. The lowest BCUT2D eigenvalue weighted by molar-refractivity contribution is -0.140. The Balaban J connectivity index is 1.45. The number of amides is 2. The van der Waals surface area contributed by atoms with Gasteiger partial charge in [0.05, 0.1) is 18.1 Å². The molecule has 5 aliphatic rings. The zero-order chi connectivity index (χ0) is 15.7. The van der Waals surface area contributed by atoms with Crippen molar-refractivity contribution in [3.8, 4) is 0 Å². The third-order valence-electron chi connectivity index (χ3n) is 5.81. The first-order valence-corrected chi connectivity index (χ1v) is 8.38. The van der Waals surface area contributed by atoms with Gasteiger partial charge in [0, 0.05) is 5.02 Å². The number of rotatable bonds is 2. The van der Waals surface area contributed by atoms with Crippen LogP contribution in [0, 0.1) is 35.5 Å². The number of carbonyl (C=O) groups excluding carboxylic acids is 2. The second kappa shape index (κ2) is 4.54. The van der Waals surface area contributed by atoms with Crippen LogP contribution in [0.5, 0.6) is 0 Å². The Morgan fingerprint density at radius 1 is 1.09 bits per heavy atom. The van der Waals surface area contributed by atoms with E-state index in [1.807, 2.05) is 12.1 Å². The first-order chi connectivity index (χ1) is 11.1. The number of carbonyl (C=O) groups is 2. The van der Waals surface area contributed by atoms with Gasteiger partial charge < -0.3 is 0 Å². The Labute approximate surface area is 138 Å². The lowest BCUT2D eigenvalue weighted by Crippen LogP contribution is -2.40. The molecule has 3 fully saturated rings. The molecule has 0 aromatic heterocycles. The molecule has 116 valence electrons. The zero-order valence-corrected chi connectivity index (χ0v) is 13.1. The molecule has 2 bridgehead atoms. The molecule has 6 atom stereocenters. The van der Waals surface area contributed by atoms with Gasteiger partial charge in [0.25, 0.3) is 11.8 Å². The van der Waals surface area contributed by atoms with Gasteiger partial charge in [-0.25, -0.2) is 0 Å². The third-order valence-corrected chi connectivity index (χ3v) is 6.05. The number of imide groups is 1. The van der Waals surface area contributed by atoms with E-state index in [-0.39, 0.29) is 35.5 Å². The first-order valence-electron chi connectivity index (χ1n) is 8.01. The second-order valence-electron chi connectivity index (χ2n) is 6.94. The fraction of sp³-hybridized carbons (Fsp3) is 0.389. The molecule has 0 radical (unpaired) electrons. The van der Waals surface area contributed by atoms with E-state index in [2.05, 4.69) is 17.3 Å². The van der Waals surface area contributed by atoms with Crippen LogP contribution in [0.25, 0.3) is 0 Å². The Hall–Kier alpha value is -1.94. The van der Waals surface area contributed by atoms with E-state index in [1.165, 1.54) is 12.6 Å². The van der Waals surface area contributed by atoms with Gasteiger partial charge in [0.15, 0.2) is 0 Å². The molecule has 1 aromatic rings. The Morgan fingerprint density at radius 3 is 2.35 bits per heavy atom. The summed E-state index contributed by atoms with van der Waals surface area (Å²) in [5.41, 5.74) is 0.775. The quantitative estimate of drug-likeness (QED) is 0.476. The molecule has 1 aromatic carbocycles. The molecule has 0 N–H and O–H groups in total. The summed E-state index contributed by atoms with van der Waals surface area (Å²) >= 11 is 5.95. The van der Waals surface area contributed by atoms with Crippen molar-refractivity contribution in [2.45, 2.75) is 6.42 Å². The smallest absolute Gasteiger partial charge is 0.254 e. The fourth-order valence-electron chi connectivity index (χ4n) is 4.77. The molecule has 1 aliphatic heterocycles.